The number of Topliss-reactive ketones (excluding diaryl/α,β-unsaturated/α-hetero) is 1. The molecule has 3 aromatic rings. The van der Waals surface area contributed by atoms with Gasteiger partial charge in [0.15, 0.2) is 0 Å². The molecule has 1 N–H and O–H groups in total. The number of aliphatic hydroxyl groups is 1. The van der Waals surface area contributed by atoms with Crippen molar-refractivity contribution in [3.63, 3.8) is 0 Å². The summed E-state index contributed by atoms with van der Waals surface area (Å²) in [7, 11) is 1.54. The fourth-order valence-electron chi connectivity index (χ4n) is 4.45. The number of aliphatic hydroxyl groups excluding tert-OH is 1. The lowest BCUT2D eigenvalue weighted by molar-refractivity contribution is -0.140. The molecule has 198 valence electrons. The van der Waals surface area contributed by atoms with E-state index in [4.69, 9.17) is 14.2 Å². The van der Waals surface area contributed by atoms with E-state index in [1.165, 1.54) is 12.0 Å². The number of nitrogens with zero attached hydrogens (tertiary/aromatic N) is 1. The molecule has 0 aromatic heterocycles. The Morgan fingerprint density at radius 3 is 2.26 bits per heavy atom. The number of benzene rings is 3. The smallest absolute Gasteiger partial charge is 0.295 e. The van der Waals surface area contributed by atoms with Crippen molar-refractivity contribution in [2.75, 3.05) is 26.9 Å². The summed E-state index contributed by atoms with van der Waals surface area (Å²) in [6.07, 6.45) is 0.884. The molecule has 0 saturated carbocycles. The molecule has 1 unspecified atom stereocenters. The van der Waals surface area contributed by atoms with Crippen molar-refractivity contribution in [1.29, 1.82) is 0 Å². The Bertz CT molecular complexity index is 1300. The molecule has 0 bridgehead atoms. The minimum atomic E-state index is -0.748. The minimum Gasteiger partial charge on any atom is -0.507 e. The summed E-state index contributed by atoms with van der Waals surface area (Å²) < 4.78 is 16.7. The summed E-state index contributed by atoms with van der Waals surface area (Å²) in [5, 5.41) is 11.3. The number of ketones is 1. The molecule has 1 fully saturated rings. The quantitative estimate of drug-likeness (QED) is 0.208. The Morgan fingerprint density at radius 1 is 0.921 bits per heavy atom. The molecule has 1 heterocycles. The zero-order valence-corrected chi connectivity index (χ0v) is 22.0. The first-order valence-corrected chi connectivity index (χ1v) is 12.7. The van der Waals surface area contributed by atoms with Crippen LogP contribution in [0.1, 0.15) is 41.6 Å². The normalized spacial score (nSPS) is 16.6. The molecule has 1 amide bonds. The Balaban J connectivity index is 1.62. The number of hydrogen-bond donors (Lipinski definition) is 1. The molecular weight excluding hydrogens is 482 g/mol. The highest BCUT2D eigenvalue weighted by Gasteiger charge is 2.45. The molecule has 7 heteroatoms. The van der Waals surface area contributed by atoms with Crippen LogP contribution >= 0.6 is 0 Å². The van der Waals surface area contributed by atoms with Gasteiger partial charge >= 0.3 is 0 Å². The van der Waals surface area contributed by atoms with Crippen LogP contribution < -0.4 is 9.47 Å². The molecule has 3 aromatic carbocycles. The fourth-order valence-corrected chi connectivity index (χ4v) is 4.45. The topological polar surface area (TPSA) is 85.3 Å². The molecule has 1 saturated heterocycles. The van der Waals surface area contributed by atoms with Gasteiger partial charge in [-0.1, -0.05) is 48.9 Å². The van der Waals surface area contributed by atoms with Crippen molar-refractivity contribution >= 4 is 17.4 Å². The highest BCUT2D eigenvalue weighted by atomic mass is 16.5. The Morgan fingerprint density at radius 2 is 1.61 bits per heavy atom. The van der Waals surface area contributed by atoms with E-state index in [2.05, 4.69) is 6.07 Å². The average molecular weight is 516 g/mol. The number of hydrogen-bond acceptors (Lipinski definition) is 6. The van der Waals surface area contributed by atoms with Gasteiger partial charge in [-0.15, -0.1) is 0 Å². The van der Waals surface area contributed by atoms with Gasteiger partial charge in [0.25, 0.3) is 11.7 Å². The van der Waals surface area contributed by atoms with Crippen LogP contribution in [0.5, 0.6) is 11.5 Å². The number of likely N-dealkylation sites (tertiary alicyclic amines) is 1. The zero-order chi connectivity index (χ0) is 27.1. The number of rotatable bonds is 11. The van der Waals surface area contributed by atoms with Crippen LogP contribution in [0.3, 0.4) is 0 Å². The van der Waals surface area contributed by atoms with Crippen molar-refractivity contribution in [2.24, 2.45) is 0 Å². The van der Waals surface area contributed by atoms with Gasteiger partial charge in [0.1, 0.15) is 23.9 Å². The molecule has 4 rings (SSSR count). The molecule has 1 aliphatic heterocycles. The van der Waals surface area contributed by atoms with E-state index in [1.807, 2.05) is 56.3 Å². The summed E-state index contributed by atoms with van der Waals surface area (Å²) in [4.78, 5) is 27.6. The average Bonchev–Trinajstić information content (AvgIpc) is 3.19. The van der Waals surface area contributed by atoms with Gasteiger partial charge < -0.3 is 24.2 Å². The third kappa shape index (κ3) is 6.06. The molecule has 38 heavy (non-hydrogen) atoms. The first kappa shape index (κ1) is 26.9. The first-order chi connectivity index (χ1) is 18.4. The monoisotopic (exact) mass is 515 g/mol. The summed E-state index contributed by atoms with van der Waals surface area (Å²) >= 11 is 0. The van der Waals surface area contributed by atoms with Crippen molar-refractivity contribution < 1.29 is 28.9 Å². The third-order valence-electron chi connectivity index (χ3n) is 6.36. The number of carbonyl (C=O) groups excluding carboxylic acids is 2. The summed E-state index contributed by atoms with van der Waals surface area (Å²) in [6, 6.07) is 21.4. The molecule has 1 atom stereocenters. The van der Waals surface area contributed by atoms with Crippen molar-refractivity contribution in [3.05, 3.63) is 101 Å². The van der Waals surface area contributed by atoms with Crippen LogP contribution in [0.15, 0.2) is 78.4 Å². The van der Waals surface area contributed by atoms with Gasteiger partial charge in [-0.3, -0.25) is 9.59 Å². The van der Waals surface area contributed by atoms with Crippen molar-refractivity contribution in [2.45, 2.75) is 32.9 Å². The molecule has 1 aliphatic rings. The van der Waals surface area contributed by atoms with E-state index >= 15 is 0 Å². The van der Waals surface area contributed by atoms with E-state index in [1.54, 1.807) is 24.3 Å². The van der Waals surface area contributed by atoms with E-state index in [0.717, 1.165) is 17.5 Å². The predicted octanol–water partition coefficient (Wildman–Crippen LogP) is 5.43. The molecule has 7 nitrogen and oxygen atoms in total. The first-order valence-electron chi connectivity index (χ1n) is 12.7. The van der Waals surface area contributed by atoms with Crippen LogP contribution in [-0.4, -0.2) is 48.6 Å². The van der Waals surface area contributed by atoms with Gasteiger partial charge in [-0.05, 0) is 60.9 Å². The third-order valence-corrected chi connectivity index (χ3v) is 6.36. The van der Waals surface area contributed by atoms with Gasteiger partial charge in [0.2, 0.25) is 0 Å². The largest absolute Gasteiger partial charge is 0.507 e. The lowest BCUT2D eigenvalue weighted by atomic mass is 9.95. The lowest BCUT2D eigenvalue weighted by Crippen LogP contribution is -2.32. The highest BCUT2D eigenvalue weighted by Crippen LogP contribution is 2.39. The standard InChI is InChI=1S/C31H33NO6/c1-4-17-37-25-12-8-23(9-13-25)28-27(30(34)31(35)32(28)16-18-36-3)29(33)24-10-14-26(15-11-24)38-20-22-7-5-6-21(2)19-22/h5-15,19,28,33H,4,16-18,20H2,1-3H3/b29-27-. The van der Waals surface area contributed by atoms with Crippen LogP contribution in [0.25, 0.3) is 5.76 Å². The van der Waals surface area contributed by atoms with Crippen LogP contribution in [0.2, 0.25) is 0 Å². The number of ether oxygens (including phenoxy) is 3. The summed E-state index contributed by atoms with van der Waals surface area (Å²) in [5.41, 5.74) is 3.38. The highest BCUT2D eigenvalue weighted by molar-refractivity contribution is 6.46. The maximum absolute atomic E-state index is 13.1. The molecule has 0 aliphatic carbocycles. The fraction of sp³-hybridized carbons (Fsp3) is 0.290. The van der Waals surface area contributed by atoms with Crippen LogP contribution in [0, 0.1) is 6.92 Å². The Kier molecular flexibility index (Phi) is 8.81. The zero-order valence-electron chi connectivity index (χ0n) is 22.0. The summed E-state index contributed by atoms with van der Waals surface area (Å²) in [6.45, 7) is 5.53. The van der Waals surface area contributed by atoms with Crippen LogP contribution in [-0.2, 0) is 20.9 Å². The van der Waals surface area contributed by atoms with Gasteiger partial charge in [-0.2, -0.15) is 0 Å². The van der Waals surface area contributed by atoms with E-state index < -0.39 is 17.7 Å². The maximum atomic E-state index is 13.1. The molecular formula is C31H33NO6. The van der Waals surface area contributed by atoms with Gasteiger partial charge in [0.05, 0.1) is 24.8 Å². The second-order valence-corrected chi connectivity index (χ2v) is 9.20. The maximum Gasteiger partial charge on any atom is 0.295 e. The second kappa shape index (κ2) is 12.4. The SMILES string of the molecule is CCCOc1ccc(C2/C(=C(/O)c3ccc(OCc4cccc(C)c4)cc3)C(=O)C(=O)N2CCOC)cc1. The lowest BCUT2D eigenvalue weighted by Gasteiger charge is -2.25. The second-order valence-electron chi connectivity index (χ2n) is 9.20. The minimum absolute atomic E-state index is 0.0433. The van der Waals surface area contributed by atoms with E-state index in [9.17, 15) is 14.7 Å². The molecule has 0 spiro atoms. The Hall–Kier alpha value is -4.10. The number of amides is 1. The van der Waals surface area contributed by atoms with Gasteiger partial charge in [0, 0.05) is 19.2 Å². The summed E-state index contributed by atoms with van der Waals surface area (Å²) in [5.74, 6) is -0.300. The van der Waals surface area contributed by atoms with Crippen LogP contribution in [0.4, 0.5) is 0 Å². The van der Waals surface area contributed by atoms with Crippen molar-refractivity contribution in [3.8, 4) is 11.5 Å². The van der Waals surface area contributed by atoms with E-state index in [-0.39, 0.29) is 24.5 Å². The molecule has 0 radical (unpaired) electrons. The van der Waals surface area contributed by atoms with E-state index in [0.29, 0.717) is 35.8 Å². The number of methoxy groups -OCH3 is 1. The van der Waals surface area contributed by atoms with Crippen molar-refractivity contribution in [1.82, 2.24) is 4.90 Å². The number of carbonyl (C=O) groups is 2. The predicted molar refractivity (Wildman–Crippen MR) is 145 cm³/mol. The number of aryl methyl sites for hydroxylation is 1. The van der Waals surface area contributed by atoms with Gasteiger partial charge in [-0.25, -0.2) is 0 Å². The Labute approximate surface area is 223 Å².